The van der Waals surface area contributed by atoms with E-state index in [9.17, 15) is 9.59 Å². The van der Waals surface area contributed by atoms with Crippen LogP contribution in [0.15, 0.2) is 28.7 Å². The van der Waals surface area contributed by atoms with Gasteiger partial charge >= 0.3 is 5.97 Å². The van der Waals surface area contributed by atoms with Gasteiger partial charge in [-0.15, -0.1) is 0 Å². The van der Waals surface area contributed by atoms with Crippen molar-refractivity contribution in [1.29, 1.82) is 0 Å². The number of hydrogen-bond donors (Lipinski definition) is 2. The van der Waals surface area contributed by atoms with Crippen molar-refractivity contribution in [2.45, 2.75) is 26.8 Å². The molecule has 0 saturated heterocycles. The van der Waals surface area contributed by atoms with Gasteiger partial charge < -0.3 is 19.6 Å². The number of rotatable bonds is 6. The van der Waals surface area contributed by atoms with Crippen molar-refractivity contribution in [3.8, 4) is 5.75 Å². The highest BCUT2D eigenvalue weighted by Crippen LogP contribution is 2.19. The molecular weight excluding hydrogens is 298 g/mol. The summed E-state index contributed by atoms with van der Waals surface area (Å²) < 4.78 is 10.5. The third-order valence-electron chi connectivity index (χ3n) is 3.50. The van der Waals surface area contributed by atoms with E-state index in [0.717, 1.165) is 16.9 Å². The number of carboxylic acid groups (broad SMARTS) is 1. The van der Waals surface area contributed by atoms with E-state index < -0.39 is 5.97 Å². The maximum Gasteiger partial charge on any atom is 0.339 e. The lowest BCUT2D eigenvalue weighted by atomic mass is 10.1. The largest absolute Gasteiger partial charge is 0.496 e. The summed E-state index contributed by atoms with van der Waals surface area (Å²) in [7, 11) is 1.59. The summed E-state index contributed by atoms with van der Waals surface area (Å²) in [6.45, 7) is 3.66. The van der Waals surface area contributed by atoms with Gasteiger partial charge in [0.1, 0.15) is 22.8 Å². The first-order chi connectivity index (χ1) is 10.9. The van der Waals surface area contributed by atoms with E-state index in [0.29, 0.717) is 11.5 Å². The molecule has 1 amide bonds. The summed E-state index contributed by atoms with van der Waals surface area (Å²) in [5, 5.41) is 11.7. The average Bonchev–Trinajstić information content (AvgIpc) is 2.88. The zero-order chi connectivity index (χ0) is 17.0. The van der Waals surface area contributed by atoms with Crippen LogP contribution in [0.4, 0.5) is 0 Å². The molecule has 23 heavy (non-hydrogen) atoms. The van der Waals surface area contributed by atoms with Crippen LogP contribution in [0.2, 0.25) is 0 Å². The van der Waals surface area contributed by atoms with Gasteiger partial charge in [0.25, 0.3) is 0 Å². The van der Waals surface area contributed by atoms with Gasteiger partial charge in [-0.3, -0.25) is 4.79 Å². The van der Waals surface area contributed by atoms with Crippen molar-refractivity contribution in [2.24, 2.45) is 0 Å². The Morgan fingerprint density at radius 1 is 1.26 bits per heavy atom. The van der Waals surface area contributed by atoms with Crippen LogP contribution in [-0.4, -0.2) is 24.1 Å². The molecule has 0 fully saturated rings. The summed E-state index contributed by atoms with van der Waals surface area (Å²) in [6, 6.07) is 7.02. The molecule has 122 valence electrons. The normalized spacial score (nSPS) is 10.4. The molecule has 6 nitrogen and oxygen atoms in total. The van der Waals surface area contributed by atoms with Crippen LogP contribution < -0.4 is 10.1 Å². The van der Waals surface area contributed by atoms with Crippen LogP contribution >= 0.6 is 0 Å². The highest BCUT2D eigenvalue weighted by atomic mass is 16.5. The van der Waals surface area contributed by atoms with Crippen LogP contribution in [0.5, 0.6) is 5.75 Å². The zero-order valence-electron chi connectivity index (χ0n) is 13.3. The van der Waals surface area contributed by atoms with Crippen molar-refractivity contribution < 1.29 is 23.8 Å². The molecule has 2 N–H and O–H groups in total. The highest BCUT2D eigenvalue weighted by Gasteiger charge is 2.14. The predicted molar refractivity (Wildman–Crippen MR) is 83.7 cm³/mol. The molecule has 0 atom stereocenters. The average molecular weight is 317 g/mol. The lowest BCUT2D eigenvalue weighted by Crippen LogP contribution is -2.24. The number of carbonyl (C=O) groups excluding carboxylic acids is 1. The number of carbonyl (C=O) groups is 2. The minimum Gasteiger partial charge on any atom is -0.496 e. The van der Waals surface area contributed by atoms with E-state index in [-0.39, 0.29) is 24.4 Å². The number of furan rings is 1. The van der Waals surface area contributed by atoms with Gasteiger partial charge in [-0.05, 0) is 37.1 Å². The molecule has 1 heterocycles. The summed E-state index contributed by atoms with van der Waals surface area (Å²) in [4.78, 5) is 22.9. The smallest absolute Gasteiger partial charge is 0.339 e. The molecule has 0 spiro atoms. The number of ether oxygens (including phenoxy) is 1. The quantitative estimate of drug-likeness (QED) is 0.854. The molecule has 0 unspecified atom stereocenters. The van der Waals surface area contributed by atoms with Crippen molar-refractivity contribution in [3.05, 3.63) is 52.5 Å². The monoisotopic (exact) mass is 317 g/mol. The molecule has 0 aliphatic carbocycles. The van der Waals surface area contributed by atoms with Gasteiger partial charge in [-0.2, -0.15) is 0 Å². The first kappa shape index (κ1) is 16.6. The summed E-state index contributed by atoms with van der Waals surface area (Å²) in [5.74, 6) is 0.250. The molecule has 0 aliphatic rings. The SMILES string of the molecule is COc1cc(CC(=O)NCc2cc(C(=O)O)c(C)o2)ccc1C. The molecule has 1 aromatic carbocycles. The second-order valence-electron chi connectivity index (χ2n) is 5.25. The third-order valence-corrected chi connectivity index (χ3v) is 3.50. The molecule has 0 saturated carbocycles. The first-order valence-electron chi connectivity index (χ1n) is 7.13. The topological polar surface area (TPSA) is 88.8 Å². The van der Waals surface area contributed by atoms with Gasteiger partial charge in [0.2, 0.25) is 5.91 Å². The van der Waals surface area contributed by atoms with Gasteiger partial charge in [0, 0.05) is 0 Å². The third kappa shape index (κ3) is 4.12. The van der Waals surface area contributed by atoms with Gasteiger partial charge in [0.15, 0.2) is 0 Å². The first-order valence-corrected chi connectivity index (χ1v) is 7.13. The van der Waals surface area contributed by atoms with Crippen LogP contribution in [0.1, 0.15) is 33.0 Å². The summed E-state index contributed by atoms with van der Waals surface area (Å²) >= 11 is 0. The minimum atomic E-state index is -1.05. The maximum atomic E-state index is 12.0. The molecule has 2 aromatic rings. The minimum absolute atomic E-state index is 0.109. The number of aryl methyl sites for hydroxylation is 2. The zero-order valence-corrected chi connectivity index (χ0v) is 13.3. The molecule has 6 heteroatoms. The van der Waals surface area contributed by atoms with E-state index in [4.69, 9.17) is 14.3 Å². The molecule has 0 bridgehead atoms. The Morgan fingerprint density at radius 2 is 2.00 bits per heavy atom. The van der Waals surface area contributed by atoms with Crippen LogP contribution in [0, 0.1) is 13.8 Å². The number of hydrogen-bond acceptors (Lipinski definition) is 4. The fourth-order valence-electron chi connectivity index (χ4n) is 2.25. The number of amides is 1. The predicted octanol–water partition coefficient (Wildman–Crippen LogP) is 2.46. The Balaban J connectivity index is 1.95. The summed E-state index contributed by atoms with van der Waals surface area (Å²) in [6.07, 6.45) is 0.210. The van der Waals surface area contributed by atoms with E-state index in [1.807, 2.05) is 25.1 Å². The lowest BCUT2D eigenvalue weighted by molar-refractivity contribution is -0.120. The second-order valence-corrected chi connectivity index (χ2v) is 5.25. The molecule has 0 radical (unpaired) electrons. The molecule has 0 aliphatic heterocycles. The molecular formula is C17H19NO5. The number of benzene rings is 1. The fourth-order valence-corrected chi connectivity index (χ4v) is 2.25. The van der Waals surface area contributed by atoms with Crippen molar-refractivity contribution in [3.63, 3.8) is 0 Å². The van der Waals surface area contributed by atoms with Crippen molar-refractivity contribution in [1.82, 2.24) is 5.32 Å². The Morgan fingerprint density at radius 3 is 2.61 bits per heavy atom. The van der Waals surface area contributed by atoms with E-state index in [2.05, 4.69) is 5.32 Å². The van der Waals surface area contributed by atoms with Gasteiger partial charge in [-0.1, -0.05) is 12.1 Å². The van der Waals surface area contributed by atoms with E-state index in [1.165, 1.54) is 6.07 Å². The van der Waals surface area contributed by atoms with Crippen molar-refractivity contribution >= 4 is 11.9 Å². The van der Waals surface area contributed by atoms with Gasteiger partial charge in [-0.25, -0.2) is 4.79 Å². The number of carboxylic acids is 1. The Kier molecular flexibility index (Phi) is 5.05. The van der Waals surface area contributed by atoms with Crippen LogP contribution in [0.25, 0.3) is 0 Å². The van der Waals surface area contributed by atoms with Crippen molar-refractivity contribution in [2.75, 3.05) is 7.11 Å². The number of aromatic carboxylic acids is 1. The maximum absolute atomic E-state index is 12.0. The van der Waals surface area contributed by atoms with E-state index >= 15 is 0 Å². The Hall–Kier alpha value is -2.76. The van der Waals surface area contributed by atoms with Crippen LogP contribution in [0.3, 0.4) is 0 Å². The number of methoxy groups -OCH3 is 1. The molecule has 2 rings (SSSR count). The van der Waals surface area contributed by atoms with Crippen LogP contribution in [-0.2, 0) is 17.8 Å². The second kappa shape index (κ2) is 7.00. The Bertz CT molecular complexity index is 733. The highest BCUT2D eigenvalue weighted by molar-refractivity contribution is 5.88. The van der Waals surface area contributed by atoms with Gasteiger partial charge in [0.05, 0.1) is 20.1 Å². The fraction of sp³-hybridized carbons (Fsp3) is 0.294. The molecule has 1 aromatic heterocycles. The lowest BCUT2D eigenvalue weighted by Gasteiger charge is -2.08. The van der Waals surface area contributed by atoms with E-state index in [1.54, 1.807) is 14.0 Å². The number of nitrogens with one attached hydrogen (secondary N) is 1. The Labute approximate surface area is 134 Å². The standard InChI is InChI=1S/C17H19NO5/c1-10-4-5-12(6-15(10)22-3)7-16(19)18-9-13-8-14(17(20)21)11(2)23-13/h4-6,8H,7,9H2,1-3H3,(H,18,19)(H,20,21). The summed E-state index contributed by atoms with van der Waals surface area (Å²) in [5.41, 5.74) is 1.95.